The fraction of sp³-hybridized carbons (Fsp3) is 0.500. The first-order valence-corrected chi connectivity index (χ1v) is 9.06. The third-order valence-corrected chi connectivity index (χ3v) is 5.19. The molecule has 0 aliphatic carbocycles. The Kier molecular flexibility index (Phi) is 6.31. The number of likely N-dealkylation sites (tertiary alicyclic amines) is 1. The summed E-state index contributed by atoms with van der Waals surface area (Å²) in [6.45, 7) is 6.73. The van der Waals surface area contributed by atoms with Gasteiger partial charge < -0.3 is 0 Å². The van der Waals surface area contributed by atoms with Gasteiger partial charge in [0.1, 0.15) is 0 Å². The zero-order chi connectivity index (χ0) is 15.4. The van der Waals surface area contributed by atoms with Gasteiger partial charge in [0, 0.05) is 0 Å². The van der Waals surface area contributed by atoms with Crippen LogP contribution in [0.1, 0.15) is 31.7 Å². The fourth-order valence-electron chi connectivity index (χ4n) is 2.69. The quantitative estimate of drug-likeness (QED) is 0.684. The minimum atomic E-state index is -0.0892. The SMILES string of the molecule is CC(=O)C(CNC1CCN([C](C)=[W])C1)c1ccc(Cl)cc1. The second-order valence-corrected chi connectivity index (χ2v) is 8.13. The number of nitrogens with one attached hydrogen (secondary N) is 1. The maximum atomic E-state index is 11.9. The van der Waals surface area contributed by atoms with Gasteiger partial charge in [-0.05, 0) is 0 Å². The molecule has 0 aromatic heterocycles. The van der Waals surface area contributed by atoms with E-state index < -0.39 is 0 Å². The van der Waals surface area contributed by atoms with E-state index in [0.29, 0.717) is 17.6 Å². The zero-order valence-corrected chi connectivity index (χ0v) is 16.1. The summed E-state index contributed by atoms with van der Waals surface area (Å²) in [4.78, 5) is 14.4. The van der Waals surface area contributed by atoms with Gasteiger partial charge in [-0.3, -0.25) is 0 Å². The first-order chi connectivity index (χ1) is 9.97. The Labute approximate surface area is 142 Å². The van der Waals surface area contributed by atoms with Crippen LogP contribution in [-0.2, 0) is 24.1 Å². The number of rotatable bonds is 6. The van der Waals surface area contributed by atoms with Crippen molar-refractivity contribution in [1.82, 2.24) is 10.2 Å². The van der Waals surface area contributed by atoms with E-state index in [1.54, 1.807) is 6.92 Å². The van der Waals surface area contributed by atoms with Crippen molar-refractivity contribution >= 4 is 21.4 Å². The van der Waals surface area contributed by atoms with Gasteiger partial charge in [0.2, 0.25) is 0 Å². The Morgan fingerprint density at radius 1 is 1.43 bits per heavy atom. The molecule has 0 amide bonds. The number of hydrogen-bond donors (Lipinski definition) is 1. The molecule has 114 valence electrons. The van der Waals surface area contributed by atoms with Crippen LogP contribution in [0.25, 0.3) is 0 Å². The summed E-state index contributed by atoms with van der Waals surface area (Å²) in [6, 6.07) is 8.08. The summed E-state index contributed by atoms with van der Waals surface area (Å²) in [5.74, 6) is 0.107. The summed E-state index contributed by atoms with van der Waals surface area (Å²) in [7, 11) is 0. The number of carbonyl (C=O) groups excluding carboxylic acids is 1. The van der Waals surface area contributed by atoms with Crippen molar-refractivity contribution in [1.29, 1.82) is 0 Å². The summed E-state index contributed by atoms with van der Waals surface area (Å²) >= 11 is 7.45. The molecular formula is C16H21ClN2OW. The minimum absolute atomic E-state index is 0.0892. The Hall–Kier alpha value is -0.342. The van der Waals surface area contributed by atoms with Crippen molar-refractivity contribution < 1.29 is 24.1 Å². The predicted octanol–water partition coefficient (Wildman–Crippen LogP) is 2.37. The fourth-order valence-corrected chi connectivity index (χ4v) is 3.41. The monoisotopic (exact) mass is 476 g/mol. The number of hydrogen-bond acceptors (Lipinski definition) is 3. The van der Waals surface area contributed by atoms with Crippen LogP contribution in [0.2, 0.25) is 5.02 Å². The van der Waals surface area contributed by atoms with Crippen LogP contribution in [0, 0.1) is 0 Å². The standard InChI is InChI=1S/C16H21ClN2O.W/c1-3-19-9-8-15(11-19)18-10-16(12(2)20)13-4-6-14(17)7-5-13;/h4-7,15-16,18H,8-11H2,1-2H3;. The van der Waals surface area contributed by atoms with Crippen LogP contribution in [0.5, 0.6) is 0 Å². The molecule has 1 aliphatic heterocycles. The molecule has 0 radical (unpaired) electrons. The number of benzene rings is 1. The van der Waals surface area contributed by atoms with Gasteiger partial charge in [-0.1, -0.05) is 0 Å². The third-order valence-electron chi connectivity index (χ3n) is 4.01. The summed E-state index contributed by atoms with van der Waals surface area (Å²) in [5.41, 5.74) is 1.04. The van der Waals surface area contributed by atoms with E-state index in [0.717, 1.165) is 25.1 Å². The van der Waals surface area contributed by atoms with Crippen LogP contribution in [0.15, 0.2) is 24.3 Å². The number of halogens is 1. The molecule has 1 aromatic carbocycles. The van der Waals surface area contributed by atoms with Gasteiger partial charge in [-0.25, -0.2) is 0 Å². The van der Waals surface area contributed by atoms with Crippen LogP contribution in [0.3, 0.4) is 0 Å². The van der Waals surface area contributed by atoms with E-state index in [9.17, 15) is 4.79 Å². The molecule has 1 aromatic rings. The normalized spacial score (nSPS) is 20.4. The van der Waals surface area contributed by atoms with Crippen LogP contribution in [0.4, 0.5) is 0 Å². The molecule has 0 saturated carbocycles. The number of ketones is 1. The molecule has 1 N–H and O–H groups in total. The third kappa shape index (κ3) is 4.82. The van der Waals surface area contributed by atoms with Gasteiger partial charge in [0.05, 0.1) is 0 Å². The maximum absolute atomic E-state index is 11.9. The average Bonchev–Trinajstić information content (AvgIpc) is 2.90. The van der Waals surface area contributed by atoms with E-state index in [2.05, 4.69) is 17.1 Å². The van der Waals surface area contributed by atoms with E-state index in [1.165, 1.54) is 23.4 Å². The topological polar surface area (TPSA) is 32.3 Å². The Bertz CT molecular complexity index is 518. The van der Waals surface area contributed by atoms with E-state index in [4.69, 9.17) is 11.6 Å². The summed E-state index contributed by atoms with van der Waals surface area (Å²) in [5, 5.41) is 4.27. The van der Waals surface area contributed by atoms with Gasteiger partial charge >= 0.3 is 142 Å². The van der Waals surface area contributed by atoms with Gasteiger partial charge in [0.15, 0.2) is 0 Å². The Morgan fingerprint density at radius 3 is 2.62 bits per heavy atom. The van der Waals surface area contributed by atoms with E-state index in [-0.39, 0.29) is 11.7 Å². The molecule has 21 heavy (non-hydrogen) atoms. The molecule has 1 saturated heterocycles. The van der Waals surface area contributed by atoms with Gasteiger partial charge in [-0.2, -0.15) is 0 Å². The molecule has 1 fully saturated rings. The molecule has 2 unspecified atom stereocenters. The van der Waals surface area contributed by atoms with E-state index in [1.807, 2.05) is 24.3 Å². The molecule has 5 heteroatoms. The summed E-state index contributed by atoms with van der Waals surface area (Å²) < 4.78 is 1.44. The van der Waals surface area contributed by atoms with Crippen molar-refractivity contribution in [3.8, 4) is 0 Å². The second kappa shape index (κ2) is 7.78. The van der Waals surface area contributed by atoms with Crippen molar-refractivity contribution in [2.45, 2.75) is 32.2 Å². The second-order valence-electron chi connectivity index (χ2n) is 5.57. The zero-order valence-electron chi connectivity index (χ0n) is 12.4. The van der Waals surface area contributed by atoms with Crippen LogP contribution < -0.4 is 5.32 Å². The first kappa shape index (κ1) is 17.0. The van der Waals surface area contributed by atoms with Crippen LogP contribution >= 0.6 is 11.6 Å². The molecule has 1 heterocycles. The summed E-state index contributed by atoms with van der Waals surface area (Å²) in [6.07, 6.45) is 1.15. The van der Waals surface area contributed by atoms with Crippen molar-refractivity contribution in [2.24, 2.45) is 0 Å². The molecule has 0 spiro atoms. The molecular weight excluding hydrogens is 455 g/mol. The van der Waals surface area contributed by atoms with Crippen molar-refractivity contribution in [3.05, 3.63) is 34.9 Å². The Balaban J connectivity index is 1.94. The molecule has 0 bridgehead atoms. The molecule has 1 aliphatic rings. The van der Waals surface area contributed by atoms with Gasteiger partial charge in [0.25, 0.3) is 0 Å². The number of carbonyl (C=O) groups is 1. The molecule has 2 rings (SSSR count). The van der Waals surface area contributed by atoms with E-state index >= 15 is 0 Å². The number of Topliss-reactive ketones (excluding diaryl/α,β-unsaturated/α-hetero) is 1. The van der Waals surface area contributed by atoms with Crippen LogP contribution in [-0.4, -0.2) is 40.4 Å². The Morgan fingerprint density at radius 2 is 2.10 bits per heavy atom. The van der Waals surface area contributed by atoms with Crippen molar-refractivity contribution in [3.63, 3.8) is 0 Å². The molecule has 2 atom stereocenters. The average molecular weight is 477 g/mol. The molecule has 3 nitrogen and oxygen atoms in total. The van der Waals surface area contributed by atoms with Gasteiger partial charge in [-0.15, -0.1) is 0 Å². The first-order valence-electron chi connectivity index (χ1n) is 7.22. The predicted molar refractivity (Wildman–Crippen MR) is 83.5 cm³/mol. The number of nitrogens with zero attached hydrogens (tertiary/aromatic N) is 1. The van der Waals surface area contributed by atoms with Crippen molar-refractivity contribution in [2.75, 3.05) is 19.6 Å².